The molecule has 0 spiro atoms. The summed E-state index contributed by atoms with van der Waals surface area (Å²) in [5.41, 5.74) is 0.624. The molecule has 3 amide bonds. The molecule has 41 heavy (non-hydrogen) atoms. The molecular formula is C26H35N6O8P. The molecule has 3 heterocycles. The van der Waals surface area contributed by atoms with Gasteiger partial charge in [-0.15, -0.1) is 0 Å². The number of rotatable bonds is 9. The first-order chi connectivity index (χ1) is 19.6. The van der Waals surface area contributed by atoms with Crippen LogP contribution in [-0.2, 0) is 18.8 Å². The number of amides is 3. The van der Waals surface area contributed by atoms with Crippen molar-refractivity contribution in [1.82, 2.24) is 25.1 Å². The van der Waals surface area contributed by atoms with Gasteiger partial charge in [-0.05, 0) is 13.3 Å². The molecule has 2 fully saturated rings. The molecule has 1 aromatic heterocycles. The molecule has 0 radical (unpaired) electrons. The van der Waals surface area contributed by atoms with Gasteiger partial charge in [0.1, 0.15) is 17.6 Å². The molecule has 2 atom stereocenters. The summed E-state index contributed by atoms with van der Waals surface area (Å²) in [4.78, 5) is 72.1. The highest BCUT2D eigenvalue weighted by atomic mass is 31.2. The van der Waals surface area contributed by atoms with Crippen LogP contribution in [0.3, 0.4) is 0 Å². The zero-order chi connectivity index (χ0) is 29.6. The molecule has 14 nitrogen and oxygen atoms in total. The van der Waals surface area contributed by atoms with E-state index in [2.05, 4.69) is 15.3 Å². The largest absolute Gasteiger partial charge is 0.450 e. The lowest BCUT2D eigenvalue weighted by Gasteiger charge is -2.36. The van der Waals surface area contributed by atoms with E-state index < -0.39 is 37.7 Å². The third kappa shape index (κ3) is 8.00. The Hall–Kier alpha value is -3.58. The number of methoxy groups -OCH3 is 1. The van der Waals surface area contributed by atoms with E-state index in [9.17, 15) is 28.7 Å². The molecule has 222 valence electrons. The summed E-state index contributed by atoms with van der Waals surface area (Å²) < 4.78 is 22.4. The van der Waals surface area contributed by atoms with E-state index in [1.165, 1.54) is 15.9 Å². The minimum atomic E-state index is -4.71. The zero-order valence-electron chi connectivity index (χ0n) is 23.0. The molecule has 2 aromatic rings. The van der Waals surface area contributed by atoms with E-state index in [-0.39, 0.29) is 44.6 Å². The van der Waals surface area contributed by atoms with Crippen LogP contribution in [0.5, 0.6) is 0 Å². The smallest absolute Gasteiger partial charge is 0.409 e. The van der Waals surface area contributed by atoms with Gasteiger partial charge in [0.2, 0.25) is 5.91 Å². The van der Waals surface area contributed by atoms with Crippen molar-refractivity contribution in [3.8, 4) is 11.4 Å². The number of benzene rings is 1. The summed E-state index contributed by atoms with van der Waals surface area (Å²) >= 11 is 0. The fourth-order valence-electron chi connectivity index (χ4n) is 4.76. The topological polar surface area (TPSA) is 175 Å². The molecular weight excluding hydrogens is 555 g/mol. The fourth-order valence-corrected chi connectivity index (χ4v) is 5.48. The van der Waals surface area contributed by atoms with Gasteiger partial charge >= 0.3 is 13.7 Å². The second-order valence-electron chi connectivity index (χ2n) is 9.78. The zero-order valence-corrected chi connectivity index (χ0v) is 23.9. The SMILES string of the molecule is CCOC(=O)N1CCN(C(=O)[C@@H](CP(=O)(O)O)NC(=O)c2cc(N3CC[C@H](OC)C3)nc(-c3ccccc3)n2)CC1. The summed E-state index contributed by atoms with van der Waals surface area (Å²) in [5.74, 6) is -0.644. The van der Waals surface area contributed by atoms with Crippen LogP contribution >= 0.6 is 7.60 Å². The summed E-state index contributed by atoms with van der Waals surface area (Å²) in [6.45, 7) is 3.76. The van der Waals surface area contributed by atoms with E-state index in [0.29, 0.717) is 30.3 Å². The first-order valence-electron chi connectivity index (χ1n) is 13.4. The standard InChI is InChI=1S/C26H35N6O8P/c1-3-40-26(35)31-13-11-30(12-14-31)25(34)21(17-41(36,37)38)28-24(33)20-15-22(32-10-9-19(16-32)39-2)29-23(27-20)18-7-5-4-6-8-18/h4-8,15,19,21H,3,9-14,16-17H2,1-2H3,(H,28,33)(H2,36,37,38)/t19-,21+/m0/s1. The quantitative estimate of drug-likeness (QED) is 0.355. The Labute approximate surface area is 237 Å². The molecule has 0 unspecified atom stereocenters. The van der Waals surface area contributed by atoms with Crippen LogP contribution in [0, 0.1) is 0 Å². The first kappa shape index (κ1) is 30.4. The Kier molecular flexibility index (Phi) is 9.92. The van der Waals surface area contributed by atoms with Gasteiger partial charge in [-0.2, -0.15) is 0 Å². The number of ether oxygens (including phenoxy) is 2. The van der Waals surface area contributed by atoms with Crippen molar-refractivity contribution in [2.24, 2.45) is 0 Å². The first-order valence-corrected chi connectivity index (χ1v) is 15.2. The van der Waals surface area contributed by atoms with Crippen molar-refractivity contribution in [3.05, 3.63) is 42.1 Å². The van der Waals surface area contributed by atoms with E-state index in [1.54, 1.807) is 26.2 Å². The average Bonchev–Trinajstić information content (AvgIpc) is 3.46. The molecule has 0 bridgehead atoms. The van der Waals surface area contributed by atoms with E-state index >= 15 is 0 Å². The molecule has 2 aliphatic rings. The highest BCUT2D eigenvalue weighted by molar-refractivity contribution is 7.51. The predicted molar refractivity (Wildman–Crippen MR) is 148 cm³/mol. The molecule has 0 aliphatic carbocycles. The highest BCUT2D eigenvalue weighted by Gasteiger charge is 2.35. The second kappa shape index (κ2) is 13.4. The predicted octanol–water partition coefficient (Wildman–Crippen LogP) is 0.946. The van der Waals surface area contributed by atoms with Crippen molar-refractivity contribution in [3.63, 3.8) is 0 Å². The van der Waals surface area contributed by atoms with Gasteiger partial charge in [-0.25, -0.2) is 14.8 Å². The van der Waals surface area contributed by atoms with Crippen molar-refractivity contribution in [1.29, 1.82) is 0 Å². The van der Waals surface area contributed by atoms with Crippen LogP contribution in [0.1, 0.15) is 23.8 Å². The van der Waals surface area contributed by atoms with Gasteiger partial charge < -0.3 is 39.3 Å². The lowest BCUT2D eigenvalue weighted by molar-refractivity contribution is -0.134. The maximum absolute atomic E-state index is 13.5. The van der Waals surface area contributed by atoms with Crippen LogP contribution in [-0.4, -0.2) is 119 Å². The number of carbonyl (C=O) groups is 3. The lowest BCUT2D eigenvalue weighted by Crippen LogP contribution is -2.56. The number of hydrogen-bond acceptors (Lipinski definition) is 9. The monoisotopic (exact) mass is 590 g/mol. The average molecular weight is 591 g/mol. The molecule has 2 aliphatic heterocycles. The minimum absolute atomic E-state index is 0.0111. The Morgan fingerprint density at radius 1 is 1.07 bits per heavy atom. The number of nitrogens with zero attached hydrogens (tertiary/aromatic N) is 5. The van der Waals surface area contributed by atoms with Crippen molar-refractivity contribution >= 4 is 31.3 Å². The Bertz CT molecular complexity index is 1280. The summed E-state index contributed by atoms with van der Waals surface area (Å²) in [7, 11) is -3.07. The molecule has 15 heteroatoms. The van der Waals surface area contributed by atoms with Crippen LogP contribution in [0.4, 0.5) is 10.6 Å². The molecule has 0 saturated carbocycles. The van der Waals surface area contributed by atoms with Crippen LogP contribution in [0.25, 0.3) is 11.4 Å². The summed E-state index contributed by atoms with van der Waals surface area (Å²) in [6.07, 6.45) is -0.591. The van der Waals surface area contributed by atoms with Crippen molar-refractivity contribution < 1.29 is 38.2 Å². The minimum Gasteiger partial charge on any atom is -0.450 e. The number of aromatic nitrogens is 2. The molecule has 1 aromatic carbocycles. The fraction of sp³-hybridized carbons (Fsp3) is 0.500. The van der Waals surface area contributed by atoms with Crippen LogP contribution in [0.15, 0.2) is 36.4 Å². The van der Waals surface area contributed by atoms with Gasteiger partial charge in [-0.3, -0.25) is 14.2 Å². The third-order valence-electron chi connectivity index (χ3n) is 6.92. The number of carbonyl (C=O) groups excluding carboxylic acids is 3. The number of hydrogen-bond donors (Lipinski definition) is 3. The van der Waals surface area contributed by atoms with Gasteiger partial charge in [0, 0.05) is 58.0 Å². The van der Waals surface area contributed by atoms with Crippen LogP contribution in [0.2, 0.25) is 0 Å². The van der Waals surface area contributed by atoms with E-state index in [0.717, 1.165) is 6.42 Å². The van der Waals surface area contributed by atoms with Crippen molar-refractivity contribution in [2.45, 2.75) is 25.5 Å². The van der Waals surface area contributed by atoms with Gasteiger partial charge in [0.05, 0.1) is 18.9 Å². The third-order valence-corrected chi connectivity index (χ3v) is 7.76. The maximum Gasteiger partial charge on any atom is 0.409 e. The maximum atomic E-state index is 13.5. The number of nitrogens with one attached hydrogen (secondary N) is 1. The summed E-state index contributed by atoms with van der Waals surface area (Å²) in [6, 6.07) is 9.07. The van der Waals surface area contributed by atoms with Crippen LogP contribution < -0.4 is 10.2 Å². The van der Waals surface area contributed by atoms with Gasteiger partial charge in [0.25, 0.3) is 5.91 Å². The number of anilines is 1. The Morgan fingerprint density at radius 2 is 1.76 bits per heavy atom. The second-order valence-corrected chi connectivity index (χ2v) is 11.5. The summed E-state index contributed by atoms with van der Waals surface area (Å²) in [5, 5.41) is 2.50. The normalized spacial score (nSPS) is 18.2. The molecule has 3 N–H and O–H groups in total. The molecule has 4 rings (SSSR count). The van der Waals surface area contributed by atoms with Gasteiger partial charge in [-0.1, -0.05) is 30.3 Å². The van der Waals surface area contributed by atoms with E-state index in [1.807, 2.05) is 23.1 Å². The highest BCUT2D eigenvalue weighted by Crippen LogP contribution is 2.35. The van der Waals surface area contributed by atoms with Gasteiger partial charge in [0.15, 0.2) is 5.82 Å². The Balaban J connectivity index is 1.56. The molecule has 2 saturated heterocycles. The van der Waals surface area contributed by atoms with E-state index in [4.69, 9.17) is 9.47 Å². The van der Waals surface area contributed by atoms with Crippen molar-refractivity contribution in [2.75, 3.05) is 64.0 Å². The number of piperazine rings is 1. The lowest BCUT2D eigenvalue weighted by atomic mass is 10.2. The Morgan fingerprint density at radius 3 is 2.37 bits per heavy atom.